The number of hydrogen-bond donors (Lipinski definition) is 1. The monoisotopic (exact) mass is 293 g/mol. The van der Waals surface area contributed by atoms with Crippen LogP contribution in [0.1, 0.15) is 58.2 Å². The molecule has 0 saturated heterocycles. The molecule has 1 aromatic rings. The summed E-state index contributed by atoms with van der Waals surface area (Å²) < 4.78 is 2.07. The van der Waals surface area contributed by atoms with E-state index in [9.17, 15) is 0 Å². The minimum Gasteiger partial charge on any atom is -0.330 e. The van der Waals surface area contributed by atoms with Crippen molar-refractivity contribution >= 4 is 0 Å². The zero-order valence-corrected chi connectivity index (χ0v) is 13.7. The van der Waals surface area contributed by atoms with Crippen LogP contribution in [0.2, 0.25) is 0 Å². The summed E-state index contributed by atoms with van der Waals surface area (Å²) in [4.78, 5) is 7.08. The van der Waals surface area contributed by atoms with Crippen LogP contribution in [-0.4, -0.2) is 38.8 Å². The van der Waals surface area contributed by atoms with E-state index in [4.69, 9.17) is 5.73 Å². The van der Waals surface area contributed by atoms with Gasteiger partial charge in [0.2, 0.25) is 0 Å². The van der Waals surface area contributed by atoms with Crippen LogP contribution in [0.25, 0.3) is 0 Å². The Labute approximate surface area is 128 Å². The minimum atomic E-state index is 0.595. The number of hydrogen-bond acceptors (Lipinski definition) is 4. The molecule has 5 heteroatoms. The van der Waals surface area contributed by atoms with Gasteiger partial charge in [0.25, 0.3) is 0 Å². The number of aromatic nitrogens is 3. The van der Waals surface area contributed by atoms with Gasteiger partial charge >= 0.3 is 0 Å². The SMILES string of the molecule is CC(C)Cn1ncnc1CN(CCCN)C1CCCCC1. The quantitative estimate of drug-likeness (QED) is 0.799. The van der Waals surface area contributed by atoms with Gasteiger partial charge in [-0.05, 0) is 31.7 Å². The second-order valence-electron chi connectivity index (χ2n) is 6.66. The smallest absolute Gasteiger partial charge is 0.141 e. The van der Waals surface area contributed by atoms with E-state index >= 15 is 0 Å². The normalized spacial score (nSPS) is 17.0. The van der Waals surface area contributed by atoms with E-state index in [-0.39, 0.29) is 0 Å². The molecule has 0 bridgehead atoms. The molecule has 0 unspecified atom stereocenters. The van der Waals surface area contributed by atoms with E-state index in [1.165, 1.54) is 32.1 Å². The number of nitrogens with zero attached hydrogens (tertiary/aromatic N) is 4. The van der Waals surface area contributed by atoms with Gasteiger partial charge in [0.05, 0.1) is 6.54 Å². The lowest BCUT2D eigenvalue weighted by Gasteiger charge is -2.34. The van der Waals surface area contributed by atoms with Crippen molar-refractivity contribution in [3.8, 4) is 0 Å². The fourth-order valence-corrected chi connectivity index (χ4v) is 3.22. The summed E-state index contributed by atoms with van der Waals surface area (Å²) in [5, 5.41) is 4.39. The van der Waals surface area contributed by atoms with Crippen molar-refractivity contribution in [3.05, 3.63) is 12.2 Å². The van der Waals surface area contributed by atoms with Crippen molar-refractivity contribution < 1.29 is 0 Å². The molecule has 1 aromatic heterocycles. The Morgan fingerprint density at radius 2 is 2.10 bits per heavy atom. The van der Waals surface area contributed by atoms with Crippen molar-refractivity contribution in [3.63, 3.8) is 0 Å². The summed E-state index contributed by atoms with van der Waals surface area (Å²) in [6.07, 6.45) is 9.52. The Hall–Kier alpha value is -0.940. The molecule has 120 valence electrons. The predicted octanol–water partition coefficient (Wildman–Crippen LogP) is 2.42. The molecule has 0 spiro atoms. The van der Waals surface area contributed by atoms with Crippen molar-refractivity contribution in [2.75, 3.05) is 13.1 Å². The van der Waals surface area contributed by atoms with Gasteiger partial charge in [0.15, 0.2) is 0 Å². The largest absolute Gasteiger partial charge is 0.330 e. The topological polar surface area (TPSA) is 60.0 Å². The third kappa shape index (κ3) is 5.08. The first-order valence-electron chi connectivity index (χ1n) is 8.51. The summed E-state index contributed by atoms with van der Waals surface area (Å²) in [5.74, 6) is 1.70. The molecule has 2 N–H and O–H groups in total. The Kier molecular flexibility index (Phi) is 6.64. The summed E-state index contributed by atoms with van der Waals surface area (Å²) in [7, 11) is 0. The maximum absolute atomic E-state index is 5.72. The van der Waals surface area contributed by atoms with Gasteiger partial charge in [0, 0.05) is 19.1 Å². The second kappa shape index (κ2) is 8.49. The minimum absolute atomic E-state index is 0.595. The van der Waals surface area contributed by atoms with E-state index < -0.39 is 0 Å². The first-order chi connectivity index (χ1) is 10.2. The first kappa shape index (κ1) is 16.4. The summed E-state index contributed by atoms with van der Waals surface area (Å²) in [6.45, 7) is 8.15. The Morgan fingerprint density at radius 3 is 2.76 bits per heavy atom. The molecule has 0 aliphatic heterocycles. The predicted molar refractivity (Wildman–Crippen MR) is 85.8 cm³/mol. The molecule has 5 nitrogen and oxygen atoms in total. The van der Waals surface area contributed by atoms with Gasteiger partial charge in [-0.1, -0.05) is 33.1 Å². The standard InChI is InChI=1S/C16H31N5/c1-14(2)11-21-16(18-13-19-21)12-20(10-6-9-17)15-7-4-3-5-8-15/h13-15H,3-12,17H2,1-2H3. The van der Waals surface area contributed by atoms with Crippen LogP contribution in [0.4, 0.5) is 0 Å². The highest BCUT2D eigenvalue weighted by Gasteiger charge is 2.22. The van der Waals surface area contributed by atoms with Crippen LogP contribution in [0, 0.1) is 5.92 Å². The Morgan fingerprint density at radius 1 is 1.33 bits per heavy atom. The first-order valence-corrected chi connectivity index (χ1v) is 8.51. The molecule has 0 amide bonds. The zero-order chi connectivity index (χ0) is 15.1. The van der Waals surface area contributed by atoms with Crippen LogP contribution >= 0.6 is 0 Å². The molecule has 1 fully saturated rings. The van der Waals surface area contributed by atoms with E-state index in [0.717, 1.165) is 38.4 Å². The van der Waals surface area contributed by atoms with Crippen LogP contribution < -0.4 is 5.73 Å². The summed E-state index contributed by atoms with van der Waals surface area (Å²) in [6, 6.07) is 0.703. The molecule has 0 aromatic carbocycles. The highest BCUT2D eigenvalue weighted by molar-refractivity contribution is 4.88. The molecule has 21 heavy (non-hydrogen) atoms. The Bertz CT molecular complexity index is 395. The van der Waals surface area contributed by atoms with Gasteiger partial charge in [-0.15, -0.1) is 0 Å². The van der Waals surface area contributed by atoms with E-state index in [0.29, 0.717) is 12.0 Å². The van der Waals surface area contributed by atoms with Gasteiger partial charge < -0.3 is 5.73 Å². The zero-order valence-electron chi connectivity index (χ0n) is 13.7. The molecule has 0 atom stereocenters. The molecule has 2 rings (SSSR count). The molecule has 1 saturated carbocycles. The number of nitrogens with two attached hydrogens (primary N) is 1. The van der Waals surface area contributed by atoms with Crippen LogP contribution in [0.3, 0.4) is 0 Å². The van der Waals surface area contributed by atoms with Gasteiger partial charge in [-0.2, -0.15) is 5.10 Å². The van der Waals surface area contributed by atoms with E-state index in [1.54, 1.807) is 6.33 Å². The number of rotatable bonds is 8. The van der Waals surface area contributed by atoms with Crippen molar-refractivity contribution in [2.45, 2.75) is 71.5 Å². The maximum atomic E-state index is 5.72. The summed E-state index contributed by atoms with van der Waals surface area (Å²) in [5.41, 5.74) is 5.72. The van der Waals surface area contributed by atoms with E-state index in [1.807, 2.05) is 0 Å². The third-order valence-electron chi connectivity index (χ3n) is 4.32. The van der Waals surface area contributed by atoms with E-state index in [2.05, 4.69) is 33.5 Å². The van der Waals surface area contributed by atoms with Gasteiger partial charge in [-0.25, -0.2) is 9.67 Å². The summed E-state index contributed by atoms with van der Waals surface area (Å²) >= 11 is 0. The molecular weight excluding hydrogens is 262 g/mol. The highest BCUT2D eigenvalue weighted by atomic mass is 15.4. The molecule has 1 heterocycles. The molecular formula is C16H31N5. The average Bonchev–Trinajstić information content (AvgIpc) is 2.90. The van der Waals surface area contributed by atoms with Crippen LogP contribution in [0.15, 0.2) is 6.33 Å². The lowest BCUT2D eigenvalue weighted by atomic mass is 9.94. The maximum Gasteiger partial charge on any atom is 0.141 e. The fourth-order valence-electron chi connectivity index (χ4n) is 3.22. The average molecular weight is 293 g/mol. The van der Waals surface area contributed by atoms with Crippen LogP contribution in [-0.2, 0) is 13.1 Å². The van der Waals surface area contributed by atoms with Crippen molar-refractivity contribution in [2.24, 2.45) is 11.7 Å². The fraction of sp³-hybridized carbons (Fsp3) is 0.875. The Balaban J connectivity index is 2.01. The van der Waals surface area contributed by atoms with Crippen molar-refractivity contribution in [1.29, 1.82) is 0 Å². The lowest BCUT2D eigenvalue weighted by Crippen LogP contribution is -2.38. The van der Waals surface area contributed by atoms with Gasteiger partial charge in [-0.3, -0.25) is 4.90 Å². The molecule has 1 aliphatic rings. The third-order valence-corrected chi connectivity index (χ3v) is 4.32. The van der Waals surface area contributed by atoms with Crippen LogP contribution in [0.5, 0.6) is 0 Å². The van der Waals surface area contributed by atoms with Crippen molar-refractivity contribution in [1.82, 2.24) is 19.7 Å². The molecule has 1 aliphatic carbocycles. The second-order valence-corrected chi connectivity index (χ2v) is 6.66. The lowest BCUT2D eigenvalue weighted by molar-refractivity contribution is 0.141. The highest BCUT2D eigenvalue weighted by Crippen LogP contribution is 2.24. The van der Waals surface area contributed by atoms with Gasteiger partial charge in [0.1, 0.15) is 12.2 Å². The molecule has 0 radical (unpaired) electrons.